The van der Waals surface area contributed by atoms with E-state index in [-0.39, 0.29) is 29.9 Å². The zero-order valence-electron chi connectivity index (χ0n) is 31.5. The maximum atomic E-state index is 12.0. The zero-order chi connectivity index (χ0) is 38.8. The van der Waals surface area contributed by atoms with E-state index in [4.69, 9.17) is 47.4 Å². The number of rotatable bonds is 14. The Morgan fingerprint density at radius 3 is 2.40 bits per heavy atom. The van der Waals surface area contributed by atoms with E-state index >= 15 is 0 Å². The monoisotopic (exact) mass is 787 g/mol. The summed E-state index contributed by atoms with van der Waals surface area (Å²) in [6.45, 7) is 7.00. The maximum absolute atomic E-state index is 12.0. The fourth-order valence-corrected chi connectivity index (χ4v) is 8.84. The van der Waals surface area contributed by atoms with E-state index in [1.807, 2.05) is 42.5 Å². The van der Waals surface area contributed by atoms with Crippen molar-refractivity contribution in [2.75, 3.05) is 33.9 Å². The number of carbonyl (C=O) groups is 2. The molecule has 3 aliphatic rings. The van der Waals surface area contributed by atoms with Gasteiger partial charge >= 0.3 is 5.97 Å². The third-order valence-electron chi connectivity index (χ3n) is 11.1. The van der Waals surface area contributed by atoms with Crippen molar-refractivity contribution in [3.63, 3.8) is 0 Å². The van der Waals surface area contributed by atoms with Crippen molar-refractivity contribution in [2.24, 2.45) is 17.8 Å². The smallest absolute Gasteiger partial charge is 0.308 e. The lowest BCUT2D eigenvalue weighted by Crippen LogP contribution is -2.35. The zero-order valence-corrected chi connectivity index (χ0v) is 33.0. The molecule has 1 aliphatic carbocycles. The van der Waals surface area contributed by atoms with Crippen molar-refractivity contribution < 1.29 is 28.9 Å². The van der Waals surface area contributed by atoms with Crippen LogP contribution in [0.3, 0.4) is 0 Å². The number of amides is 1. The number of carbonyl (C=O) groups excluding carboxylic acids is 1. The Hall–Kier alpha value is -4.42. The van der Waals surface area contributed by atoms with Gasteiger partial charge in [0.1, 0.15) is 11.1 Å². The van der Waals surface area contributed by atoms with Crippen LogP contribution in [0.5, 0.6) is 17.6 Å². The average molecular weight is 789 g/mol. The minimum absolute atomic E-state index is 0.0683. The van der Waals surface area contributed by atoms with Gasteiger partial charge in [0.15, 0.2) is 0 Å². The second-order valence-electron chi connectivity index (χ2n) is 15.0. The summed E-state index contributed by atoms with van der Waals surface area (Å²) in [6, 6.07) is 18.1. The number of fused-ring (bicyclic) bond motifs is 1. The summed E-state index contributed by atoms with van der Waals surface area (Å²) in [5.41, 5.74) is 7.32. The molecule has 0 saturated carbocycles. The van der Waals surface area contributed by atoms with Crippen molar-refractivity contribution in [1.82, 2.24) is 25.5 Å². The first kappa shape index (κ1) is 38.8. The Labute approximate surface area is 331 Å². The number of pyridine rings is 2. The fraction of sp³-hybridized carbons (Fsp3) is 0.429. The highest BCUT2D eigenvalue weighted by Gasteiger charge is 2.39. The molecule has 2 saturated heterocycles. The number of nitrogens with one attached hydrogen (secondary N) is 2. The lowest BCUT2D eigenvalue weighted by molar-refractivity contribution is -0.143. The molecule has 4 aromatic rings. The molecule has 2 fully saturated rings. The van der Waals surface area contributed by atoms with Gasteiger partial charge in [-0.15, -0.1) is 0 Å². The van der Waals surface area contributed by atoms with E-state index in [1.54, 1.807) is 14.2 Å². The normalized spacial score (nSPS) is 20.8. The summed E-state index contributed by atoms with van der Waals surface area (Å²) in [7, 11) is 3.18. The van der Waals surface area contributed by atoms with E-state index in [0.29, 0.717) is 72.5 Å². The molecular weight excluding hydrogens is 741 g/mol. The SMILES string of the molecule is COc1nc(-c2cccc(-c3cccc4c3CC[C@@H]4Oc3nc(OC)c(CN4C[C@H](C(=O)O)[C@@H](C(C)C)C4)cc3Cl)c2Cl)ccc1CNC[C@@H]1CCC(=O)N1. The Morgan fingerprint density at radius 2 is 1.69 bits per heavy atom. The third-order valence-corrected chi connectivity index (χ3v) is 11.8. The van der Waals surface area contributed by atoms with Gasteiger partial charge in [-0.05, 0) is 59.9 Å². The molecule has 4 heterocycles. The summed E-state index contributed by atoms with van der Waals surface area (Å²) in [5, 5.41) is 17.2. The van der Waals surface area contributed by atoms with Crippen LogP contribution in [-0.2, 0) is 29.1 Å². The average Bonchev–Trinajstić information content (AvgIpc) is 3.91. The first-order valence-electron chi connectivity index (χ1n) is 18.8. The minimum Gasteiger partial charge on any atom is -0.481 e. The lowest BCUT2D eigenvalue weighted by atomic mass is 9.86. The van der Waals surface area contributed by atoms with Gasteiger partial charge < -0.3 is 30.0 Å². The predicted molar refractivity (Wildman–Crippen MR) is 212 cm³/mol. The second kappa shape index (κ2) is 16.8. The number of nitrogens with zero attached hydrogens (tertiary/aromatic N) is 3. The topological polar surface area (TPSA) is 135 Å². The Morgan fingerprint density at radius 1 is 0.945 bits per heavy atom. The summed E-state index contributed by atoms with van der Waals surface area (Å²) in [4.78, 5) is 35.2. The van der Waals surface area contributed by atoms with Crippen LogP contribution in [0.15, 0.2) is 54.6 Å². The molecule has 0 radical (unpaired) electrons. The number of likely N-dealkylation sites (tertiary alicyclic amines) is 1. The number of carboxylic acids is 1. The molecule has 290 valence electrons. The van der Waals surface area contributed by atoms with Gasteiger partial charge in [0, 0.05) is 67.4 Å². The van der Waals surface area contributed by atoms with Crippen LogP contribution >= 0.6 is 23.2 Å². The molecule has 11 nitrogen and oxygen atoms in total. The van der Waals surface area contributed by atoms with E-state index in [1.165, 1.54) is 0 Å². The first-order valence-corrected chi connectivity index (χ1v) is 19.6. The number of ether oxygens (including phenoxy) is 3. The van der Waals surface area contributed by atoms with Gasteiger partial charge in [0.25, 0.3) is 0 Å². The maximum Gasteiger partial charge on any atom is 0.308 e. The van der Waals surface area contributed by atoms with Gasteiger partial charge in [0.05, 0.1) is 30.9 Å². The number of carboxylic acid groups (broad SMARTS) is 1. The number of methoxy groups -OCH3 is 2. The molecule has 55 heavy (non-hydrogen) atoms. The molecule has 3 N–H and O–H groups in total. The van der Waals surface area contributed by atoms with E-state index in [9.17, 15) is 14.7 Å². The Kier molecular flexibility index (Phi) is 11.8. The molecular formula is C42H47Cl2N5O6. The summed E-state index contributed by atoms with van der Waals surface area (Å²) in [6.07, 6.45) is 2.63. The first-order chi connectivity index (χ1) is 26.5. The van der Waals surface area contributed by atoms with Crippen LogP contribution in [0.4, 0.5) is 0 Å². The molecule has 1 amide bonds. The number of hydrogen-bond acceptors (Lipinski definition) is 9. The molecule has 2 aromatic carbocycles. The predicted octanol–water partition coefficient (Wildman–Crippen LogP) is 7.36. The summed E-state index contributed by atoms with van der Waals surface area (Å²) in [5.74, 6) is 0.461. The van der Waals surface area contributed by atoms with Gasteiger partial charge in [-0.25, -0.2) is 4.98 Å². The molecule has 0 spiro atoms. The van der Waals surface area contributed by atoms with E-state index < -0.39 is 11.9 Å². The number of halogens is 2. The van der Waals surface area contributed by atoms with Crippen LogP contribution < -0.4 is 24.8 Å². The van der Waals surface area contributed by atoms with Crippen molar-refractivity contribution in [3.05, 3.63) is 86.9 Å². The molecule has 0 unspecified atom stereocenters. The number of aliphatic carboxylic acids is 1. The van der Waals surface area contributed by atoms with Crippen LogP contribution in [0.2, 0.25) is 10.0 Å². The fourth-order valence-electron chi connectivity index (χ4n) is 8.29. The highest BCUT2D eigenvalue weighted by Crippen LogP contribution is 2.45. The Balaban J connectivity index is 1.08. The van der Waals surface area contributed by atoms with Crippen LogP contribution in [0.1, 0.15) is 61.5 Å². The van der Waals surface area contributed by atoms with Crippen LogP contribution in [0.25, 0.3) is 22.4 Å². The number of hydrogen-bond donors (Lipinski definition) is 3. The second-order valence-corrected chi connectivity index (χ2v) is 15.8. The standard InChI is InChI=1S/C42H47Cl2N5O6/c1-23(2)32-21-49(22-33(32)42(51)52)20-25-17-34(43)41(48-40(25)54-4)55-36-15-13-28-27(7-5-8-29(28)36)30-9-6-10-31(38(30)44)35-14-11-24(39(47-35)53-3)18-45-19-26-12-16-37(50)46-26/h5-11,14,17,23,26,32-33,36,45H,12-13,15-16,18-22H2,1-4H3,(H,46,50)(H,51,52)/t26-,32+,33-,36-/m0/s1. The van der Waals surface area contributed by atoms with Crippen molar-refractivity contribution >= 4 is 35.1 Å². The largest absolute Gasteiger partial charge is 0.481 e. The van der Waals surface area contributed by atoms with Crippen molar-refractivity contribution in [2.45, 2.75) is 64.8 Å². The molecule has 13 heteroatoms. The molecule has 7 rings (SSSR count). The van der Waals surface area contributed by atoms with Gasteiger partial charge in [0.2, 0.25) is 23.5 Å². The van der Waals surface area contributed by atoms with Crippen molar-refractivity contribution in [3.8, 4) is 40.0 Å². The molecule has 2 aliphatic heterocycles. The highest BCUT2D eigenvalue weighted by molar-refractivity contribution is 6.36. The van der Waals surface area contributed by atoms with Gasteiger partial charge in [-0.2, -0.15) is 4.98 Å². The molecule has 4 atom stereocenters. The number of benzene rings is 2. The van der Waals surface area contributed by atoms with E-state index in [0.717, 1.165) is 58.2 Å². The minimum atomic E-state index is -0.760. The quantitative estimate of drug-likeness (QED) is 0.119. The lowest BCUT2D eigenvalue weighted by Gasteiger charge is -2.21. The van der Waals surface area contributed by atoms with Crippen LogP contribution in [-0.4, -0.2) is 71.7 Å². The summed E-state index contributed by atoms with van der Waals surface area (Å²) >= 11 is 14.0. The number of aromatic nitrogens is 2. The van der Waals surface area contributed by atoms with Crippen LogP contribution in [0, 0.1) is 17.8 Å². The van der Waals surface area contributed by atoms with Gasteiger partial charge in [-0.1, -0.05) is 79.5 Å². The van der Waals surface area contributed by atoms with E-state index in [2.05, 4.69) is 41.5 Å². The van der Waals surface area contributed by atoms with Crippen molar-refractivity contribution in [1.29, 1.82) is 0 Å². The Bertz CT molecular complexity index is 2080. The highest BCUT2D eigenvalue weighted by atomic mass is 35.5. The third kappa shape index (κ3) is 8.26. The molecule has 2 aromatic heterocycles. The summed E-state index contributed by atoms with van der Waals surface area (Å²) < 4.78 is 17.9. The molecule has 0 bridgehead atoms. The van der Waals surface area contributed by atoms with Gasteiger partial charge in [-0.3, -0.25) is 14.5 Å².